The topological polar surface area (TPSA) is 67.4 Å². The Kier molecular flexibility index (Phi) is 4.98. The molecule has 1 atom stereocenters. The zero-order valence-electron chi connectivity index (χ0n) is 11.8. The van der Waals surface area contributed by atoms with E-state index >= 15 is 0 Å². The highest BCUT2D eigenvalue weighted by Gasteiger charge is 2.33. The fourth-order valence-corrected chi connectivity index (χ4v) is 1.25. The van der Waals surface area contributed by atoms with E-state index in [1.807, 2.05) is 20.8 Å². The number of hydrogen-bond acceptors (Lipinski definition) is 3. The summed E-state index contributed by atoms with van der Waals surface area (Å²) in [5.41, 5.74) is -0.952. The summed E-state index contributed by atoms with van der Waals surface area (Å²) in [4.78, 5) is 23.3. The molecule has 0 aliphatic heterocycles. The van der Waals surface area contributed by atoms with E-state index in [0.29, 0.717) is 0 Å². The lowest BCUT2D eigenvalue weighted by molar-refractivity contribution is -0.125. The molecule has 0 aromatic rings. The predicted octanol–water partition coefficient (Wildman–Crippen LogP) is 1.67. The summed E-state index contributed by atoms with van der Waals surface area (Å²) >= 11 is 0. The standard InChI is InChI=1S/C12H24N2O3/c1-11(2,3)8(9(15)13-7)14-10(16)17-12(4,5)6/h8H,1-7H3,(H,13,15)(H,14,16)/t8-/m1/s1. The number of carbonyl (C=O) groups is 2. The Hall–Kier alpha value is -1.26. The van der Waals surface area contributed by atoms with E-state index < -0.39 is 17.7 Å². The van der Waals surface area contributed by atoms with Crippen LogP contribution in [0.2, 0.25) is 0 Å². The van der Waals surface area contributed by atoms with Crippen LogP contribution in [0, 0.1) is 5.41 Å². The molecule has 0 heterocycles. The Morgan fingerprint density at radius 2 is 1.53 bits per heavy atom. The van der Waals surface area contributed by atoms with Crippen LogP contribution < -0.4 is 10.6 Å². The third kappa shape index (κ3) is 6.14. The molecule has 5 heteroatoms. The van der Waals surface area contributed by atoms with Crippen LogP contribution in [0.25, 0.3) is 0 Å². The van der Waals surface area contributed by atoms with Gasteiger partial charge in [-0.15, -0.1) is 0 Å². The number of ether oxygens (including phenoxy) is 1. The molecule has 0 unspecified atom stereocenters. The van der Waals surface area contributed by atoms with Crippen molar-refractivity contribution in [1.82, 2.24) is 10.6 Å². The maximum Gasteiger partial charge on any atom is 0.408 e. The highest BCUT2D eigenvalue weighted by atomic mass is 16.6. The molecule has 0 aliphatic rings. The molecular formula is C12H24N2O3. The number of carbonyl (C=O) groups excluding carboxylic acids is 2. The van der Waals surface area contributed by atoms with Crippen molar-refractivity contribution in [3.8, 4) is 0 Å². The lowest BCUT2D eigenvalue weighted by atomic mass is 9.86. The van der Waals surface area contributed by atoms with Gasteiger partial charge in [0.2, 0.25) is 5.91 Å². The number of nitrogens with one attached hydrogen (secondary N) is 2. The van der Waals surface area contributed by atoms with Gasteiger partial charge < -0.3 is 15.4 Å². The molecule has 2 amide bonds. The Balaban J connectivity index is 4.67. The van der Waals surface area contributed by atoms with Crippen molar-refractivity contribution in [2.75, 3.05) is 7.05 Å². The molecule has 100 valence electrons. The highest BCUT2D eigenvalue weighted by molar-refractivity contribution is 5.86. The van der Waals surface area contributed by atoms with E-state index in [1.54, 1.807) is 20.8 Å². The molecule has 0 saturated carbocycles. The molecule has 5 nitrogen and oxygen atoms in total. The average molecular weight is 244 g/mol. The normalized spacial score (nSPS) is 13.8. The SMILES string of the molecule is CNC(=O)[C@@H](NC(=O)OC(C)(C)C)C(C)(C)C. The Morgan fingerprint density at radius 3 is 1.82 bits per heavy atom. The largest absolute Gasteiger partial charge is 0.444 e. The van der Waals surface area contributed by atoms with Crippen molar-refractivity contribution < 1.29 is 14.3 Å². The first-order chi connectivity index (χ1) is 7.47. The van der Waals surface area contributed by atoms with Crippen LogP contribution in [-0.4, -0.2) is 30.7 Å². The summed E-state index contributed by atoms with van der Waals surface area (Å²) in [6, 6.07) is -0.623. The third-order valence-corrected chi connectivity index (χ3v) is 2.04. The van der Waals surface area contributed by atoms with E-state index in [2.05, 4.69) is 10.6 Å². The first-order valence-corrected chi connectivity index (χ1v) is 5.68. The van der Waals surface area contributed by atoms with E-state index in [-0.39, 0.29) is 11.3 Å². The van der Waals surface area contributed by atoms with Crippen LogP contribution >= 0.6 is 0 Å². The number of likely N-dealkylation sites (N-methyl/N-ethyl adjacent to an activating group) is 1. The summed E-state index contributed by atoms with van der Waals surface area (Å²) in [6.45, 7) is 11.0. The molecule has 0 saturated heterocycles. The molecule has 0 fully saturated rings. The fraction of sp³-hybridized carbons (Fsp3) is 0.833. The minimum Gasteiger partial charge on any atom is -0.444 e. The van der Waals surface area contributed by atoms with Gasteiger partial charge in [0.15, 0.2) is 0 Å². The molecule has 0 spiro atoms. The first kappa shape index (κ1) is 15.7. The number of amides is 2. The van der Waals surface area contributed by atoms with Gasteiger partial charge >= 0.3 is 6.09 Å². The van der Waals surface area contributed by atoms with Crippen LogP contribution in [0.15, 0.2) is 0 Å². The number of rotatable bonds is 2. The van der Waals surface area contributed by atoms with Gasteiger partial charge in [0.05, 0.1) is 0 Å². The molecule has 17 heavy (non-hydrogen) atoms. The monoisotopic (exact) mass is 244 g/mol. The van der Waals surface area contributed by atoms with Crippen molar-refractivity contribution in [1.29, 1.82) is 0 Å². The van der Waals surface area contributed by atoms with Crippen molar-refractivity contribution in [2.45, 2.75) is 53.2 Å². The Labute approximate surface area is 103 Å². The second kappa shape index (κ2) is 5.38. The van der Waals surface area contributed by atoms with Crippen molar-refractivity contribution in [3.63, 3.8) is 0 Å². The number of alkyl carbamates (subject to hydrolysis) is 1. The van der Waals surface area contributed by atoms with Gasteiger partial charge in [-0.1, -0.05) is 20.8 Å². The van der Waals surface area contributed by atoms with E-state index in [0.717, 1.165) is 0 Å². The fourth-order valence-electron chi connectivity index (χ4n) is 1.25. The summed E-state index contributed by atoms with van der Waals surface area (Å²) in [7, 11) is 1.54. The highest BCUT2D eigenvalue weighted by Crippen LogP contribution is 2.20. The lowest BCUT2D eigenvalue weighted by Crippen LogP contribution is -2.53. The molecule has 0 aromatic heterocycles. The minimum absolute atomic E-state index is 0.233. The molecular weight excluding hydrogens is 220 g/mol. The van der Waals surface area contributed by atoms with Gasteiger partial charge in [-0.3, -0.25) is 4.79 Å². The molecule has 0 bridgehead atoms. The first-order valence-electron chi connectivity index (χ1n) is 5.68. The van der Waals surface area contributed by atoms with Gasteiger partial charge in [-0.25, -0.2) is 4.79 Å². The van der Waals surface area contributed by atoms with Crippen LogP contribution in [0.4, 0.5) is 4.79 Å². The van der Waals surface area contributed by atoms with Gasteiger partial charge in [-0.2, -0.15) is 0 Å². The average Bonchev–Trinajstić information content (AvgIpc) is 2.08. The van der Waals surface area contributed by atoms with Crippen LogP contribution in [-0.2, 0) is 9.53 Å². The molecule has 0 rings (SSSR count). The summed E-state index contributed by atoms with van der Waals surface area (Å²) in [5, 5.41) is 5.12. The maximum atomic E-state index is 11.7. The minimum atomic E-state index is -0.623. The second-order valence-electron chi connectivity index (χ2n) is 6.06. The van der Waals surface area contributed by atoms with Gasteiger partial charge in [0, 0.05) is 7.05 Å². The second-order valence-corrected chi connectivity index (χ2v) is 6.06. The maximum absolute atomic E-state index is 11.7. The van der Waals surface area contributed by atoms with Crippen LogP contribution in [0.1, 0.15) is 41.5 Å². The van der Waals surface area contributed by atoms with E-state index in [1.165, 1.54) is 7.05 Å². The predicted molar refractivity (Wildman–Crippen MR) is 66.7 cm³/mol. The summed E-state index contributed by atoms with van der Waals surface area (Å²) < 4.78 is 5.13. The molecule has 2 N–H and O–H groups in total. The number of hydrogen-bond donors (Lipinski definition) is 2. The molecule has 0 aromatic carbocycles. The zero-order valence-corrected chi connectivity index (χ0v) is 11.8. The Bertz CT molecular complexity index is 287. The van der Waals surface area contributed by atoms with Crippen molar-refractivity contribution >= 4 is 12.0 Å². The van der Waals surface area contributed by atoms with E-state index in [9.17, 15) is 9.59 Å². The summed E-state index contributed by atoms with van der Waals surface area (Å²) in [5.74, 6) is -0.233. The zero-order chi connectivity index (χ0) is 13.9. The Morgan fingerprint density at radius 1 is 1.06 bits per heavy atom. The van der Waals surface area contributed by atoms with Crippen molar-refractivity contribution in [3.05, 3.63) is 0 Å². The van der Waals surface area contributed by atoms with Crippen molar-refractivity contribution in [2.24, 2.45) is 5.41 Å². The quantitative estimate of drug-likeness (QED) is 0.776. The molecule has 0 radical (unpaired) electrons. The van der Waals surface area contributed by atoms with E-state index in [4.69, 9.17) is 4.74 Å². The smallest absolute Gasteiger partial charge is 0.408 e. The van der Waals surface area contributed by atoms with Crippen LogP contribution in [0.5, 0.6) is 0 Å². The van der Waals surface area contributed by atoms with Crippen LogP contribution in [0.3, 0.4) is 0 Å². The van der Waals surface area contributed by atoms with Gasteiger partial charge in [-0.05, 0) is 26.2 Å². The third-order valence-electron chi connectivity index (χ3n) is 2.04. The summed E-state index contributed by atoms with van der Waals surface area (Å²) in [6.07, 6.45) is -0.582. The lowest BCUT2D eigenvalue weighted by Gasteiger charge is -2.30. The molecule has 0 aliphatic carbocycles. The van der Waals surface area contributed by atoms with Gasteiger partial charge in [0.1, 0.15) is 11.6 Å². The van der Waals surface area contributed by atoms with Gasteiger partial charge in [0.25, 0.3) is 0 Å².